The molecule has 2 N–H and O–H groups in total. The maximum atomic E-state index is 12.9. The third-order valence-corrected chi connectivity index (χ3v) is 5.17. The number of nitrogens with one attached hydrogen (secondary N) is 2. The molecule has 1 unspecified atom stereocenters. The molecule has 28 heavy (non-hydrogen) atoms. The van der Waals surface area contributed by atoms with Crippen LogP contribution >= 0.6 is 11.6 Å². The Hall–Kier alpha value is -3.05. The molecule has 1 aliphatic rings. The van der Waals surface area contributed by atoms with Gasteiger partial charge in [0.05, 0.1) is 23.8 Å². The number of amides is 1. The fourth-order valence-electron chi connectivity index (χ4n) is 3.74. The number of halogens is 1. The minimum Gasteiger partial charge on any atom is -0.462 e. The van der Waals surface area contributed by atoms with Crippen molar-refractivity contribution in [3.05, 3.63) is 75.9 Å². The van der Waals surface area contributed by atoms with Crippen LogP contribution in [0.5, 0.6) is 0 Å². The molecule has 0 bridgehead atoms. The number of fused-ring (bicyclic) bond motifs is 1. The third kappa shape index (κ3) is 2.98. The molecule has 0 radical (unpaired) electrons. The highest BCUT2D eigenvalue weighted by molar-refractivity contribution is 6.30. The largest absolute Gasteiger partial charge is 0.462 e. The van der Waals surface area contributed by atoms with E-state index in [0.717, 1.165) is 16.8 Å². The van der Waals surface area contributed by atoms with Crippen LogP contribution in [0.25, 0.3) is 11.3 Å². The number of esters is 1. The zero-order chi connectivity index (χ0) is 19.8. The smallest absolute Gasteiger partial charge is 0.340 e. The first-order valence-corrected chi connectivity index (χ1v) is 9.44. The predicted molar refractivity (Wildman–Crippen MR) is 109 cm³/mol. The molecule has 2 heterocycles. The monoisotopic (exact) mass is 394 g/mol. The Labute approximate surface area is 167 Å². The SMILES string of the molecule is CCOC(=O)c1c(C)[nH]c(-c2ccc(Cl)cc2)c1C1C(=O)Nc2ccccc21. The molecule has 0 saturated carbocycles. The summed E-state index contributed by atoms with van der Waals surface area (Å²) in [5.74, 6) is -1.21. The molecular formula is C22H19ClN2O3. The zero-order valence-electron chi connectivity index (χ0n) is 15.5. The van der Waals surface area contributed by atoms with Gasteiger partial charge in [-0.25, -0.2) is 4.79 Å². The van der Waals surface area contributed by atoms with Gasteiger partial charge in [-0.2, -0.15) is 0 Å². The van der Waals surface area contributed by atoms with E-state index in [1.54, 1.807) is 19.1 Å². The summed E-state index contributed by atoms with van der Waals surface area (Å²) < 4.78 is 5.29. The number of benzene rings is 2. The topological polar surface area (TPSA) is 71.2 Å². The van der Waals surface area contributed by atoms with E-state index in [2.05, 4.69) is 10.3 Å². The van der Waals surface area contributed by atoms with Crippen molar-refractivity contribution in [2.24, 2.45) is 0 Å². The summed E-state index contributed by atoms with van der Waals surface area (Å²) in [5.41, 5.74) is 4.85. The lowest BCUT2D eigenvalue weighted by Crippen LogP contribution is -2.17. The minimum atomic E-state index is -0.605. The van der Waals surface area contributed by atoms with E-state index in [4.69, 9.17) is 16.3 Å². The molecule has 1 aromatic heterocycles. The summed E-state index contributed by atoms with van der Waals surface area (Å²) in [7, 11) is 0. The zero-order valence-corrected chi connectivity index (χ0v) is 16.3. The van der Waals surface area contributed by atoms with Crippen molar-refractivity contribution < 1.29 is 14.3 Å². The van der Waals surface area contributed by atoms with Crippen molar-refractivity contribution >= 4 is 29.2 Å². The molecule has 142 valence electrons. The molecule has 1 amide bonds. The van der Waals surface area contributed by atoms with Gasteiger partial charge in [0.2, 0.25) is 5.91 Å². The van der Waals surface area contributed by atoms with Crippen LogP contribution in [0.2, 0.25) is 5.02 Å². The van der Waals surface area contributed by atoms with Gasteiger partial charge in [-0.05, 0) is 43.2 Å². The van der Waals surface area contributed by atoms with Crippen LogP contribution in [-0.2, 0) is 9.53 Å². The van der Waals surface area contributed by atoms with Gasteiger partial charge in [-0.15, -0.1) is 0 Å². The molecular weight excluding hydrogens is 376 g/mol. The van der Waals surface area contributed by atoms with Gasteiger partial charge >= 0.3 is 5.97 Å². The highest BCUT2D eigenvalue weighted by atomic mass is 35.5. The molecule has 0 spiro atoms. The number of ether oxygens (including phenoxy) is 1. The second-order valence-corrected chi connectivity index (χ2v) is 7.09. The van der Waals surface area contributed by atoms with E-state index in [1.165, 1.54) is 0 Å². The van der Waals surface area contributed by atoms with Crippen LogP contribution in [0, 0.1) is 6.92 Å². The Balaban J connectivity index is 1.97. The number of hydrogen-bond donors (Lipinski definition) is 2. The molecule has 1 aliphatic heterocycles. The summed E-state index contributed by atoms with van der Waals surface area (Å²) in [6, 6.07) is 14.8. The summed E-state index contributed by atoms with van der Waals surface area (Å²) in [6.45, 7) is 3.83. The average Bonchev–Trinajstić information content (AvgIpc) is 3.18. The summed E-state index contributed by atoms with van der Waals surface area (Å²) in [5, 5.41) is 3.53. The number of para-hydroxylation sites is 1. The quantitative estimate of drug-likeness (QED) is 0.618. The Morgan fingerprint density at radius 2 is 1.86 bits per heavy atom. The first kappa shape index (κ1) is 18.3. The normalized spacial score (nSPS) is 15.2. The van der Waals surface area contributed by atoms with Crippen LogP contribution in [0.15, 0.2) is 48.5 Å². The molecule has 0 fully saturated rings. The molecule has 6 heteroatoms. The molecule has 3 aromatic rings. The third-order valence-electron chi connectivity index (χ3n) is 4.92. The van der Waals surface area contributed by atoms with Crippen LogP contribution < -0.4 is 5.32 Å². The van der Waals surface area contributed by atoms with Crippen molar-refractivity contribution in [3.8, 4) is 11.3 Å². The van der Waals surface area contributed by atoms with Crippen molar-refractivity contribution in [1.82, 2.24) is 4.98 Å². The van der Waals surface area contributed by atoms with Crippen molar-refractivity contribution in [1.29, 1.82) is 0 Å². The van der Waals surface area contributed by atoms with Gasteiger partial charge in [0.25, 0.3) is 0 Å². The number of hydrogen-bond acceptors (Lipinski definition) is 3. The average molecular weight is 395 g/mol. The van der Waals surface area contributed by atoms with Gasteiger partial charge < -0.3 is 15.0 Å². The number of carbonyl (C=O) groups excluding carboxylic acids is 2. The number of carbonyl (C=O) groups is 2. The number of rotatable bonds is 4. The van der Waals surface area contributed by atoms with Gasteiger partial charge in [-0.3, -0.25) is 4.79 Å². The minimum absolute atomic E-state index is 0.166. The first-order chi connectivity index (χ1) is 13.5. The van der Waals surface area contributed by atoms with Crippen LogP contribution in [-0.4, -0.2) is 23.5 Å². The second-order valence-electron chi connectivity index (χ2n) is 6.65. The van der Waals surface area contributed by atoms with Gasteiger partial charge in [0.15, 0.2) is 0 Å². The molecule has 2 aromatic carbocycles. The Morgan fingerprint density at radius 3 is 2.57 bits per heavy atom. The number of aromatic amines is 1. The first-order valence-electron chi connectivity index (χ1n) is 9.06. The summed E-state index contributed by atoms with van der Waals surface area (Å²) in [4.78, 5) is 29.0. The number of anilines is 1. The van der Waals surface area contributed by atoms with Crippen LogP contribution in [0.3, 0.4) is 0 Å². The highest BCUT2D eigenvalue weighted by Crippen LogP contribution is 2.43. The number of aryl methyl sites for hydroxylation is 1. The fraction of sp³-hybridized carbons (Fsp3) is 0.182. The maximum absolute atomic E-state index is 12.9. The van der Waals surface area contributed by atoms with Crippen molar-refractivity contribution in [3.63, 3.8) is 0 Å². The van der Waals surface area contributed by atoms with E-state index >= 15 is 0 Å². The predicted octanol–water partition coefficient (Wildman–Crippen LogP) is 4.90. The summed E-state index contributed by atoms with van der Waals surface area (Å²) in [6.07, 6.45) is 0. The fourth-order valence-corrected chi connectivity index (χ4v) is 3.86. The van der Waals surface area contributed by atoms with Gasteiger partial charge in [0, 0.05) is 22.0 Å². The molecule has 5 nitrogen and oxygen atoms in total. The van der Waals surface area contributed by atoms with Gasteiger partial charge in [-0.1, -0.05) is 41.9 Å². The lowest BCUT2D eigenvalue weighted by atomic mass is 9.87. The number of H-pyrrole nitrogens is 1. The lowest BCUT2D eigenvalue weighted by Gasteiger charge is -2.14. The Kier molecular flexibility index (Phi) is 4.69. The Morgan fingerprint density at radius 1 is 1.14 bits per heavy atom. The van der Waals surface area contributed by atoms with E-state index in [1.807, 2.05) is 43.3 Å². The van der Waals surface area contributed by atoms with Crippen molar-refractivity contribution in [2.75, 3.05) is 11.9 Å². The maximum Gasteiger partial charge on any atom is 0.340 e. The molecule has 4 rings (SSSR count). The van der Waals surface area contributed by atoms with E-state index in [9.17, 15) is 9.59 Å². The van der Waals surface area contributed by atoms with Gasteiger partial charge in [0.1, 0.15) is 0 Å². The molecule has 1 atom stereocenters. The van der Waals surface area contributed by atoms with E-state index in [0.29, 0.717) is 27.5 Å². The van der Waals surface area contributed by atoms with Crippen LogP contribution in [0.4, 0.5) is 5.69 Å². The molecule has 0 saturated heterocycles. The standard InChI is InChI=1S/C22H19ClN2O3/c1-3-28-22(27)17-12(2)24-20(13-8-10-14(23)11-9-13)19(17)18-15-6-4-5-7-16(15)25-21(18)26/h4-11,18,24H,3H2,1-2H3,(H,25,26). The van der Waals surface area contributed by atoms with Crippen LogP contribution in [0.1, 0.15) is 40.0 Å². The highest BCUT2D eigenvalue weighted by Gasteiger charge is 2.38. The number of aromatic nitrogens is 1. The molecule has 0 aliphatic carbocycles. The summed E-state index contributed by atoms with van der Waals surface area (Å²) >= 11 is 6.04. The Bertz CT molecular complexity index is 1070. The van der Waals surface area contributed by atoms with E-state index in [-0.39, 0.29) is 12.5 Å². The second kappa shape index (κ2) is 7.17. The lowest BCUT2D eigenvalue weighted by molar-refractivity contribution is -0.116. The van der Waals surface area contributed by atoms with Crippen molar-refractivity contribution in [2.45, 2.75) is 19.8 Å². The van der Waals surface area contributed by atoms with E-state index < -0.39 is 11.9 Å².